The van der Waals surface area contributed by atoms with Crippen molar-refractivity contribution in [2.75, 3.05) is 12.3 Å². The van der Waals surface area contributed by atoms with E-state index in [1.54, 1.807) is 6.92 Å². The summed E-state index contributed by atoms with van der Waals surface area (Å²) in [6.45, 7) is 4.14. The second-order valence-electron chi connectivity index (χ2n) is 3.99. The van der Waals surface area contributed by atoms with Crippen LogP contribution in [0.15, 0.2) is 24.3 Å². The number of aromatic nitrogens is 1. The number of nitrogens with two attached hydrogens (primary N) is 1. The van der Waals surface area contributed by atoms with Crippen LogP contribution in [0, 0.1) is 0 Å². The summed E-state index contributed by atoms with van der Waals surface area (Å²) in [6.07, 6.45) is 0.701. The predicted molar refractivity (Wildman–Crippen MR) is 77.3 cm³/mol. The highest BCUT2D eigenvalue weighted by Crippen LogP contribution is 2.30. The molecule has 2 rings (SSSR count). The van der Waals surface area contributed by atoms with E-state index in [-0.39, 0.29) is 5.97 Å². The molecular weight excluding hydrogens is 260 g/mol. The van der Waals surface area contributed by atoms with Gasteiger partial charge in [-0.1, -0.05) is 19.1 Å². The maximum atomic E-state index is 11.9. The van der Waals surface area contributed by atoms with Crippen LogP contribution >= 0.6 is 11.3 Å². The third-order valence-corrected chi connectivity index (χ3v) is 3.75. The van der Waals surface area contributed by atoms with Gasteiger partial charge in [-0.3, -0.25) is 0 Å². The number of thiazole rings is 1. The Kier molecular flexibility index (Phi) is 4.16. The second kappa shape index (κ2) is 5.84. The standard InChI is InChI=1S/C14H16N2O2S/c1-3-11-12(14(17)18-4-2)19-13(16-11)9-6-5-7-10(15)8-9/h5-8H,3-4,15H2,1-2H3. The molecule has 100 valence electrons. The van der Waals surface area contributed by atoms with E-state index in [2.05, 4.69) is 4.98 Å². The van der Waals surface area contributed by atoms with E-state index in [0.29, 0.717) is 23.6 Å². The summed E-state index contributed by atoms with van der Waals surface area (Å²) < 4.78 is 5.05. The van der Waals surface area contributed by atoms with Crippen molar-refractivity contribution in [1.29, 1.82) is 0 Å². The Morgan fingerprint density at radius 2 is 2.21 bits per heavy atom. The summed E-state index contributed by atoms with van der Waals surface area (Å²) in [4.78, 5) is 16.9. The molecule has 5 heteroatoms. The number of esters is 1. The molecule has 0 amide bonds. The number of aryl methyl sites for hydroxylation is 1. The fourth-order valence-electron chi connectivity index (χ4n) is 1.74. The number of hydrogen-bond donors (Lipinski definition) is 1. The fourth-order valence-corrected chi connectivity index (χ4v) is 2.79. The molecule has 0 aliphatic heterocycles. The maximum absolute atomic E-state index is 11.9. The van der Waals surface area contributed by atoms with Crippen LogP contribution in [0.3, 0.4) is 0 Å². The summed E-state index contributed by atoms with van der Waals surface area (Å²) in [5, 5.41) is 0.798. The first-order valence-electron chi connectivity index (χ1n) is 6.18. The first kappa shape index (κ1) is 13.5. The van der Waals surface area contributed by atoms with Gasteiger partial charge < -0.3 is 10.5 Å². The van der Waals surface area contributed by atoms with Gasteiger partial charge in [-0.15, -0.1) is 11.3 Å². The zero-order chi connectivity index (χ0) is 13.8. The zero-order valence-electron chi connectivity index (χ0n) is 11.0. The van der Waals surface area contributed by atoms with E-state index in [9.17, 15) is 4.79 Å². The number of nitrogens with zero attached hydrogens (tertiary/aromatic N) is 1. The minimum Gasteiger partial charge on any atom is -0.462 e. The number of carbonyl (C=O) groups is 1. The topological polar surface area (TPSA) is 65.2 Å². The van der Waals surface area contributed by atoms with Crippen LogP contribution in [-0.4, -0.2) is 17.6 Å². The van der Waals surface area contributed by atoms with E-state index >= 15 is 0 Å². The van der Waals surface area contributed by atoms with E-state index < -0.39 is 0 Å². The molecule has 0 saturated carbocycles. The number of nitrogen functional groups attached to an aromatic ring is 1. The Morgan fingerprint density at radius 1 is 1.42 bits per heavy atom. The van der Waals surface area contributed by atoms with Gasteiger partial charge in [-0.25, -0.2) is 9.78 Å². The Bertz CT molecular complexity index is 593. The SMILES string of the molecule is CCOC(=O)c1sc(-c2cccc(N)c2)nc1CC. The summed E-state index contributed by atoms with van der Waals surface area (Å²) in [6, 6.07) is 7.49. The minimum absolute atomic E-state index is 0.299. The van der Waals surface area contributed by atoms with Crippen molar-refractivity contribution in [1.82, 2.24) is 4.98 Å². The van der Waals surface area contributed by atoms with Gasteiger partial charge in [0.15, 0.2) is 0 Å². The number of carbonyl (C=O) groups excluding carboxylic acids is 1. The first-order valence-corrected chi connectivity index (χ1v) is 7.00. The lowest BCUT2D eigenvalue weighted by Crippen LogP contribution is -2.05. The molecule has 2 N–H and O–H groups in total. The molecule has 19 heavy (non-hydrogen) atoms. The third kappa shape index (κ3) is 2.93. The van der Waals surface area contributed by atoms with Crippen molar-refractivity contribution in [2.45, 2.75) is 20.3 Å². The van der Waals surface area contributed by atoms with Gasteiger partial charge in [-0.05, 0) is 25.5 Å². The Morgan fingerprint density at radius 3 is 2.84 bits per heavy atom. The largest absolute Gasteiger partial charge is 0.462 e. The lowest BCUT2D eigenvalue weighted by atomic mass is 10.2. The quantitative estimate of drug-likeness (QED) is 0.688. The van der Waals surface area contributed by atoms with Crippen molar-refractivity contribution < 1.29 is 9.53 Å². The van der Waals surface area contributed by atoms with E-state index in [1.807, 2.05) is 31.2 Å². The smallest absolute Gasteiger partial charge is 0.350 e. The van der Waals surface area contributed by atoms with Gasteiger partial charge in [0, 0.05) is 11.3 Å². The Hall–Kier alpha value is -1.88. The van der Waals surface area contributed by atoms with Gasteiger partial charge >= 0.3 is 5.97 Å². The second-order valence-corrected chi connectivity index (χ2v) is 4.99. The van der Waals surface area contributed by atoms with Gasteiger partial charge in [0.1, 0.15) is 9.88 Å². The van der Waals surface area contributed by atoms with Gasteiger partial charge in [-0.2, -0.15) is 0 Å². The van der Waals surface area contributed by atoms with E-state index in [1.165, 1.54) is 11.3 Å². The number of hydrogen-bond acceptors (Lipinski definition) is 5. The van der Waals surface area contributed by atoms with Crippen LogP contribution in [0.25, 0.3) is 10.6 Å². The van der Waals surface area contributed by atoms with E-state index in [0.717, 1.165) is 16.3 Å². The highest BCUT2D eigenvalue weighted by molar-refractivity contribution is 7.17. The maximum Gasteiger partial charge on any atom is 0.350 e. The van der Waals surface area contributed by atoms with Gasteiger partial charge in [0.05, 0.1) is 12.3 Å². The first-order chi connectivity index (χ1) is 9.15. The molecule has 0 unspecified atom stereocenters. The summed E-state index contributed by atoms with van der Waals surface area (Å²) in [7, 11) is 0. The predicted octanol–water partition coefficient (Wildman–Crippen LogP) is 3.13. The molecule has 0 bridgehead atoms. The Balaban J connectivity index is 2.41. The molecule has 2 aromatic rings. The molecule has 1 aromatic carbocycles. The molecule has 1 aromatic heterocycles. The Labute approximate surface area is 116 Å². The number of ether oxygens (including phenoxy) is 1. The summed E-state index contributed by atoms with van der Waals surface area (Å²) >= 11 is 1.35. The third-order valence-electron chi connectivity index (χ3n) is 2.63. The number of benzene rings is 1. The lowest BCUT2D eigenvalue weighted by molar-refractivity contribution is 0.0530. The summed E-state index contributed by atoms with van der Waals surface area (Å²) in [5.74, 6) is -0.299. The van der Waals surface area contributed by atoms with Crippen molar-refractivity contribution in [3.05, 3.63) is 34.8 Å². The van der Waals surface area contributed by atoms with Crippen molar-refractivity contribution in [3.63, 3.8) is 0 Å². The molecule has 4 nitrogen and oxygen atoms in total. The van der Waals surface area contributed by atoms with Gasteiger partial charge in [0.25, 0.3) is 0 Å². The normalized spacial score (nSPS) is 10.4. The highest BCUT2D eigenvalue weighted by atomic mass is 32.1. The monoisotopic (exact) mass is 276 g/mol. The average Bonchev–Trinajstić information content (AvgIpc) is 2.83. The van der Waals surface area contributed by atoms with Crippen LogP contribution in [0.1, 0.15) is 29.2 Å². The van der Waals surface area contributed by atoms with Gasteiger partial charge in [0.2, 0.25) is 0 Å². The van der Waals surface area contributed by atoms with Crippen LogP contribution in [0.5, 0.6) is 0 Å². The molecular formula is C14H16N2O2S. The average molecular weight is 276 g/mol. The van der Waals surface area contributed by atoms with E-state index in [4.69, 9.17) is 10.5 Å². The fraction of sp³-hybridized carbons (Fsp3) is 0.286. The number of rotatable bonds is 4. The molecule has 0 atom stereocenters. The molecule has 0 spiro atoms. The molecule has 0 aliphatic rings. The summed E-state index contributed by atoms with van der Waals surface area (Å²) in [5.41, 5.74) is 8.15. The van der Waals surface area contributed by atoms with Crippen LogP contribution < -0.4 is 5.73 Å². The molecule has 0 saturated heterocycles. The highest BCUT2D eigenvalue weighted by Gasteiger charge is 2.18. The van der Waals surface area contributed by atoms with Crippen molar-refractivity contribution in [2.24, 2.45) is 0 Å². The van der Waals surface area contributed by atoms with Crippen LogP contribution in [0.4, 0.5) is 5.69 Å². The molecule has 0 radical (unpaired) electrons. The molecule has 1 heterocycles. The molecule has 0 fully saturated rings. The lowest BCUT2D eigenvalue weighted by Gasteiger charge is -1.99. The zero-order valence-corrected chi connectivity index (χ0v) is 11.8. The van der Waals surface area contributed by atoms with Crippen LogP contribution in [-0.2, 0) is 11.2 Å². The van der Waals surface area contributed by atoms with Crippen LogP contribution in [0.2, 0.25) is 0 Å². The molecule has 0 aliphatic carbocycles. The van der Waals surface area contributed by atoms with Crippen molar-refractivity contribution >= 4 is 23.0 Å². The minimum atomic E-state index is -0.299. The number of anilines is 1. The van der Waals surface area contributed by atoms with Crippen molar-refractivity contribution in [3.8, 4) is 10.6 Å².